The number of benzene rings is 1. The molecular weight excluding hydrogens is 419 g/mol. The van der Waals surface area contributed by atoms with E-state index in [9.17, 15) is 18.0 Å². The fourth-order valence-corrected chi connectivity index (χ4v) is 4.09. The van der Waals surface area contributed by atoms with Crippen LogP contribution in [0.25, 0.3) is 11.3 Å². The van der Waals surface area contributed by atoms with E-state index in [0.29, 0.717) is 38.8 Å². The van der Waals surface area contributed by atoms with Gasteiger partial charge in [0.2, 0.25) is 5.91 Å². The number of halogens is 3. The number of likely N-dealkylation sites (tertiary alicyclic amines) is 1. The second-order valence-corrected chi connectivity index (χ2v) is 7.99. The fraction of sp³-hybridized carbons (Fsp3) is 0.391. The van der Waals surface area contributed by atoms with Gasteiger partial charge >= 0.3 is 6.18 Å². The lowest BCUT2D eigenvalue weighted by Crippen LogP contribution is -2.39. The lowest BCUT2D eigenvalue weighted by Gasteiger charge is -2.32. The van der Waals surface area contributed by atoms with Gasteiger partial charge in [-0.25, -0.2) is 4.68 Å². The maximum atomic E-state index is 13.3. The minimum atomic E-state index is -4.46. The van der Waals surface area contributed by atoms with Crippen molar-refractivity contribution in [2.24, 2.45) is 0 Å². The molecule has 1 fully saturated rings. The zero-order chi connectivity index (χ0) is 22.7. The number of aromatic nitrogens is 4. The Kier molecular flexibility index (Phi) is 6.25. The molecule has 2 aromatic heterocycles. The molecule has 1 saturated heterocycles. The Morgan fingerprint density at radius 2 is 1.88 bits per heavy atom. The average Bonchev–Trinajstić information content (AvgIpc) is 3.28. The number of carbonyl (C=O) groups excluding carboxylic acids is 1. The molecule has 0 radical (unpaired) electrons. The summed E-state index contributed by atoms with van der Waals surface area (Å²) in [5, 5.41) is 8.07. The van der Waals surface area contributed by atoms with Gasteiger partial charge in [0.1, 0.15) is 5.69 Å². The molecule has 3 heterocycles. The summed E-state index contributed by atoms with van der Waals surface area (Å²) in [4.78, 5) is 18.7. The van der Waals surface area contributed by atoms with E-state index in [-0.39, 0.29) is 23.2 Å². The van der Waals surface area contributed by atoms with Gasteiger partial charge in [0, 0.05) is 37.0 Å². The molecule has 168 valence electrons. The predicted octanol–water partition coefficient (Wildman–Crippen LogP) is 4.46. The molecule has 9 heteroatoms. The van der Waals surface area contributed by atoms with Gasteiger partial charge in [0.25, 0.3) is 0 Å². The molecule has 0 aliphatic carbocycles. The molecule has 4 rings (SSSR count). The van der Waals surface area contributed by atoms with E-state index < -0.39 is 11.7 Å². The van der Waals surface area contributed by atoms with Gasteiger partial charge in [-0.3, -0.25) is 9.78 Å². The molecule has 32 heavy (non-hydrogen) atoms. The number of carbonyl (C=O) groups is 1. The van der Waals surface area contributed by atoms with Gasteiger partial charge in [-0.2, -0.15) is 13.2 Å². The summed E-state index contributed by atoms with van der Waals surface area (Å²) in [7, 11) is 0. The summed E-state index contributed by atoms with van der Waals surface area (Å²) in [6.07, 6.45) is 1.30. The van der Waals surface area contributed by atoms with Crippen molar-refractivity contribution < 1.29 is 18.0 Å². The molecule has 0 saturated carbocycles. The summed E-state index contributed by atoms with van der Waals surface area (Å²) in [6.45, 7) is 3.11. The highest BCUT2D eigenvalue weighted by atomic mass is 19.4. The smallest absolute Gasteiger partial charge is 0.343 e. The first kappa shape index (κ1) is 22.0. The molecule has 1 amide bonds. The maximum Gasteiger partial charge on any atom is 0.417 e. The Morgan fingerprint density at radius 1 is 1.12 bits per heavy atom. The van der Waals surface area contributed by atoms with Crippen molar-refractivity contribution in [3.05, 3.63) is 65.6 Å². The van der Waals surface area contributed by atoms with Crippen molar-refractivity contribution in [1.29, 1.82) is 0 Å². The number of nitrogens with zero attached hydrogens (tertiary/aromatic N) is 5. The summed E-state index contributed by atoms with van der Waals surface area (Å²) in [5.41, 5.74) is 1.50. The first-order valence-electron chi connectivity index (χ1n) is 10.6. The molecule has 0 atom stereocenters. The Bertz CT molecular complexity index is 1090. The van der Waals surface area contributed by atoms with Gasteiger partial charge in [-0.1, -0.05) is 29.5 Å². The SMILES string of the molecule is Cc1ncccc1CCC(=O)N1CCC(n2cc(-c3ccccc3C(F)(F)F)nn2)CC1. The molecule has 1 aliphatic rings. The van der Waals surface area contributed by atoms with Crippen molar-refractivity contribution in [3.63, 3.8) is 0 Å². The van der Waals surface area contributed by atoms with Crippen molar-refractivity contribution in [3.8, 4) is 11.3 Å². The van der Waals surface area contributed by atoms with E-state index in [1.807, 2.05) is 24.0 Å². The first-order chi connectivity index (χ1) is 15.3. The lowest BCUT2D eigenvalue weighted by atomic mass is 10.0. The van der Waals surface area contributed by atoms with Crippen LogP contribution >= 0.6 is 0 Å². The van der Waals surface area contributed by atoms with Crippen molar-refractivity contribution in [1.82, 2.24) is 24.9 Å². The third-order valence-corrected chi connectivity index (χ3v) is 5.93. The lowest BCUT2D eigenvalue weighted by molar-refractivity contribution is -0.137. The maximum absolute atomic E-state index is 13.3. The predicted molar refractivity (Wildman–Crippen MR) is 113 cm³/mol. The van der Waals surface area contributed by atoms with Gasteiger partial charge in [-0.05, 0) is 43.9 Å². The van der Waals surface area contributed by atoms with Crippen LogP contribution in [0.2, 0.25) is 0 Å². The third kappa shape index (κ3) is 4.81. The zero-order valence-corrected chi connectivity index (χ0v) is 17.7. The largest absolute Gasteiger partial charge is 0.417 e. The highest BCUT2D eigenvalue weighted by Crippen LogP contribution is 2.36. The van der Waals surface area contributed by atoms with E-state index in [0.717, 1.165) is 17.3 Å². The molecule has 1 aliphatic heterocycles. The van der Waals surface area contributed by atoms with Crippen LogP contribution < -0.4 is 0 Å². The van der Waals surface area contributed by atoms with E-state index >= 15 is 0 Å². The van der Waals surface area contributed by atoms with Crippen molar-refractivity contribution in [2.45, 2.75) is 44.8 Å². The number of rotatable bonds is 5. The summed E-state index contributed by atoms with van der Waals surface area (Å²) in [6, 6.07) is 9.23. The quantitative estimate of drug-likeness (QED) is 0.584. The molecule has 0 N–H and O–H groups in total. The zero-order valence-electron chi connectivity index (χ0n) is 17.7. The standard InChI is InChI=1S/C23H24F3N5O/c1-16-17(5-4-12-27-16)8-9-22(32)30-13-10-18(11-14-30)31-15-21(28-29-31)19-6-2-3-7-20(19)23(24,25)26/h2-7,12,15,18H,8-11,13-14H2,1H3. The molecular formula is C23H24F3N5O. The summed E-state index contributed by atoms with van der Waals surface area (Å²) >= 11 is 0. The van der Waals surface area contributed by atoms with Crippen LogP contribution in [0.1, 0.15) is 42.1 Å². The van der Waals surface area contributed by atoms with Gasteiger partial charge < -0.3 is 4.90 Å². The topological polar surface area (TPSA) is 63.9 Å². The minimum Gasteiger partial charge on any atom is -0.343 e. The molecule has 3 aromatic rings. The fourth-order valence-electron chi connectivity index (χ4n) is 4.09. The van der Waals surface area contributed by atoms with E-state index in [1.54, 1.807) is 23.1 Å². The van der Waals surface area contributed by atoms with E-state index in [4.69, 9.17) is 0 Å². The first-order valence-corrected chi connectivity index (χ1v) is 10.6. The van der Waals surface area contributed by atoms with Crippen molar-refractivity contribution in [2.75, 3.05) is 13.1 Å². The second kappa shape index (κ2) is 9.10. The van der Waals surface area contributed by atoms with E-state index in [2.05, 4.69) is 15.3 Å². The van der Waals surface area contributed by atoms with Crippen LogP contribution in [0, 0.1) is 6.92 Å². The Morgan fingerprint density at radius 3 is 2.59 bits per heavy atom. The number of amides is 1. The van der Waals surface area contributed by atoms with Crippen LogP contribution in [0.3, 0.4) is 0 Å². The highest BCUT2D eigenvalue weighted by molar-refractivity contribution is 5.76. The molecule has 0 spiro atoms. The number of pyridine rings is 1. The monoisotopic (exact) mass is 443 g/mol. The third-order valence-electron chi connectivity index (χ3n) is 5.93. The summed E-state index contributed by atoms with van der Waals surface area (Å²) < 4.78 is 41.6. The van der Waals surface area contributed by atoms with Crippen LogP contribution in [-0.2, 0) is 17.4 Å². The average molecular weight is 443 g/mol. The van der Waals surface area contributed by atoms with Gasteiger partial charge in [0.15, 0.2) is 0 Å². The van der Waals surface area contributed by atoms with Crippen LogP contribution in [0.5, 0.6) is 0 Å². The number of piperidine rings is 1. The number of aryl methyl sites for hydroxylation is 2. The number of hydrogen-bond donors (Lipinski definition) is 0. The Labute approximate surface area is 184 Å². The molecule has 1 aromatic carbocycles. The molecule has 6 nitrogen and oxygen atoms in total. The minimum absolute atomic E-state index is 0.00100. The number of alkyl halides is 3. The molecule has 0 bridgehead atoms. The molecule has 0 unspecified atom stereocenters. The van der Waals surface area contributed by atoms with Crippen LogP contribution in [-0.4, -0.2) is 43.9 Å². The van der Waals surface area contributed by atoms with Crippen LogP contribution in [0.4, 0.5) is 13.2 Å². The van der Waals surface area contributed by atoms with Gasteiger partial charge in [-0.15, -0.1) is 5.10 Å². The highest BCUT2D eigenvalue weighted by Gasteiger charge is 2.34. The Balaban J connectivity index is 1.36. The number of hydrogen-bond acceptors (Lipinski definition) is 4. The van der Waals surface area contributed by atoms with Gasteiger partial charge in [0.05, 0.1) is 17.8 Å². The van der Waals surface area contributed by atoms with Crippen LogP contribution in [0.15, 0.2) is 48.8 Å². The van der Waals surface area contributed by atoms with E-state index in [1.165, 1.54) is 12.1 Å². The normalized spacial score (nSPS) is 15.2. The summed E-state index contributed by atoms with van der Waals surface area (Å²) in [5.74, 6) is 0.102. The van der Waals surface area contributed by atoms with Crippen molar-refractivity contribution >= 4 is 5.91 Å². The second-order valence-electron chi connectivity index (χ2n) is 7.99. The Hall–Kier alpha value is -3.23.